The summed E-state index contributed by atoms with van der Waals surface area (Å²) in [4.78, 5) is 16.5. The molecular weight excluding hydrogens is 378 g/mol. The molecule has 1 unspecified atom stereocenters. The SMILES string of the molecule is CO/N=C1/C=C2CC[C@@H]3[C@H](CC[C@]4(C)[C@@H](C5C=CC(=O)OC5)CC[C@]34O)[C@@]2(C)CC1. The molecule has 1 heterocycles. The van der Waals surface area contributed by atoms with Crippen molar-refractivity contribution in [1.29, 1.82) is 0 Å². The summed E-state index contributed by atoms with van der Waals surface area (Å²) < 4.78 is 5.35. The minimum atomic E-state index is -0.620. The molecule has 0 saturated heterocycles. The zero-order valence-electron chi connectivity index (χ0n) is 18.5. The van der Waals surface area contributed by atoms with Crippen LogP contribution in [0.4, 0.5) is 0 Å². The molecular formula is C25H35NO4. The van der Waals surface area contributed by atoms with Gasteiger partial charge in [-0.25, -0.2) is 4.79 Å². The van der Waals surface area contributed by atoms with Crippen LogP contribution in [0.3, 0.4) is 0 Å². The standard InChI is InChI=1S/C25H35NO4/c1-23-11-8-18(26-29-3)14-17(23)5-6-21-20(23)9-12-24(2)19(10-13-25(21,24)28)16-4-7-22(27)30-15-16/h4,7,14,16,19-21,28H,5-6,8-13,15H2,1-3H3/b26-18+/t16?,19-,20+,21-,23+,24-,25+/m1/s1. The van der Waals surface area contributed by atoms with Crippen LogP contribution in [-0.2, 0) is 14.4 Å². The van der Waals surface area contributed by atoms with E-state index in [4.69, 9.17) is 9.57 Å². The van der Waals surface area contributed by atoms with Crippen molar-refractivity contribution in [2.45, 2.75) is 70.8 Å². The second kappa shape index (κ2) is 6.94. The minimum Gasteiger partial charge on any atom is -0.462 e. The van der Waals surface area contributed by atoms with Crippen molar-refractivity contribution < 1.29 is 19.5 Å². The third-order valence-electron chi connectivity index (χ3n) is 9.86. The van der Waals surface area contributed by atoms with Gasteiger partial charge in [-0.1, -0.05) is 30.7 Å². The van der Waals surface area contributed by atoms with Crippen LogP contribution in [0.5, 0.6) is 0 Å². The van der Waals surface area contributed by atoms with Crippen LogP contribution < -0.4 is 0 Å². The average Bonchev–Trinajstić information content (AvgIpc) is 3.01. The van der Waals surface area contributed by atoms with Crippen LogP contribution in [0, 0.1) is 34.5 Å². The first-order valence-corrected chi connectivity index (χ1v) is 11.7. The van der Waals surface area contributed by atoms with E-state index in [0.717, 1.165) is 50.7 Å². The maximum absolute atomic E-state index is 12.3. The first-order valence-electron chi connectivity index (χ1n) is 11.7. The van der Waals surface area contributed by atoms with Crippen LogP contribution in [0.2, 0.25) is 0 Å². The summed E-state index contributed by atoms with van der Waals surface area (Å²) in [6.07, 6.45) is 14.2. The van der Waals surface area contributed by atoms with Gasteiger partial charge in [-0.15, -0.1) is 0 Å². The van der Waals surface area contributed by atoms with E-state index in [2.05, 4.69) is 25.1 Å². The number of carbonyl (C=O) groups is 1. The molecule has 0 bridgehead atoms. The molecule has 0 aromatic rings. The number of allylic oxidation sites excluding steroid dienone is 2. The van der Waals surface area contributed by atoms with Crippen molar-refractivity contribution in [3.8, 4) is 0 Å². The number of nitrogens with zero attached hydrogens (tertiary/aromatic N) is 1. The number of esters is 1. The third kappa shape index (κ3) is 2.70. The molecule has 0 radical (unpaired) electrons. The predicted molar refractivity (Wildman–Crippen MR) is 115 cm³/mol. The minimum absolute atomic E-state index is 0.109. The van der Waals surface area contributed by atoms with Gasteiger partial charge in [0.1, 0.15) is 7.11 Å². The fraction of sp³-hybridized carbons (Fsp3) is 0.760. The lowest BCUT2D eigenvalue weighted by molar-refractivity contribution is -0.187. The van der Waals surface area contributed by atoms with E-state index >= 15 is 0 Å². The largest absolute Gasteiger partial charge is 0.462 e. The number of aliphatic hydroxyl groups is 1. The fourth-order valence-electron chi connectivity index (χ4n) is 8.19. The summed E-state index contributed by atoms with van der Waals surface area (Å²) in [6.45, 7) is 5.22. The molecule has 4 aliphatic carbocycles. The summed E-state index contributed by atoms with van der Waals surface area (Å²) in [6, 6.07) is 0. The van der Waals surface area contributed by atoms with E-state index in [9.17, 15) is 9.90 Å². The fourth-order valence-corrected chi connectivity index (χ4v) is 8.19. The lowest BCUT2D eigenvalue weighted by Gasteiger charge is -2.62. The van der Waals surface area contributed by atoms with Gasteiger partial charge in [0, 0.05) is 17.4 Å². The van der Waals surface area contributed by atoms with Crippen molar-refractivity contribution in [3.05, 3.63) is 23.8 Å². The first-order chi connectivity index (χ1) is 14.3. The number of ether oxygens (including phenoxy) is 1. The maximum Gasteiger partial charge on any atom is 0.330 e. The Morgan fingerprint density at radius 2 is 1.90 bits per heavy atom. The van der Waals surface area contributed by atoms with Crippen LogP contribution in [-0.4, -0.2) is 36.1 Å². The molecule has 5 heteroatoms. The Morgan fingerprint density at radius 3 is 2.63 bits per heavy atom. The number of rotatable bonds is 2. The molecule has 5 rings (SSSR count). The lowest BCUT2D eigenvalue weighted by Crippen LogP contribution is -2.61. The van der Waals surface area contributed by atoms with Gasteiger partial charge >= 0.3 is 5.97 Å². The molecule has 3 saturated carbocycles. The van der Waals surface area contributed by atoms with Crippen LogP contribution >= 0.6 is 0 Å². The summed E-state index contributed by atoms with van der Waals surface area (Å²) in [5, 5.41) is 16.5. The van der Waals surface area contributed by atoms with Crippen molar-refractivity contribution in [2.24, 2.45) is 39.7 Å². The third-order valence-corrected chi connectivity index (χ3v) is 9.86. The predicted octanol–water partition coefficient (Wildman–Crippen LogP) is 4.41. The summed E-state index contributed by atoms with van der Waals surface area (Å²) in [7, 11) is 1.62. The molecule has 3 fully saturated rings. The normalized spacial score (nSPS) is 49.0. The van der Waals surface area contributed by atoms with Crippen molar-refractivity contribution in [3.63, 3.8) is 0 Å². The Hall–Kier alpha value is -1.62. The van der Waals surface area contributed by atoms with Crippen molar-refractivity contribution >= 4 is 11.7 Å². The molecule has 0 spiro atoms. The summed E-state index contributed by atoms with van der Waals surface area (Å²) >= 11 is 0. The Morgan fingerprint density at radius 1 is 1.10 bits per heavy atom. The number of cyclic esters (lactones) is 1. The van der Waals surface area contributed by atoms with Crippen LogP contribution in [0.1, 0.15) is 65.2 Å². The highest BCUT2D eigenvalue weighted by Gasteiger charge is 2.67. The highest BCUT2D eigenvalue weighted by atomic mass is 16.6. The van der Waals surface area contributed by atoms with E-state index in [1.807, 2.05) is 6.08 Å². The first kappa shape index (κ1) is 20.3. The highest BCUT2D eigenvalue weighted by molar-refractivity contribution is 5.96. The van der Waals surface area contributed by atoms with Crippen molar-refractivity contribution in [2.75, 3.05) is 13.7 Å². The summed E-state index contributed by atoms with van der Waals surface area (Å²) in [5.74, 6) is 1.25. The Bertz CT molecular complexity index is 831. The van der Waals surface area contributed by atoms with Gasteiger partial charge in [0.15, 0.2) is 0 Å². The number of fused-ring (bicyclic) bond motifs is 5. The van der Waals surface area contributed by atoms with Crippen molar-refractivity contribution in [1.82, 2.24) is 0 Å². The Balaban J connectivity index is 1.45. The van der Waals surface area contributed by atoms with Crippen LogP contribution in [0.15, 0.2) is 29.0 Å². The Kier molecular flexibility index (Phi) is 4.70. The van der Waals surface area contributed by atoms with Gasteiger partial charge in [-0.2, -0.15) is 0 Å². The number of hydrogen-bond acceptors (Lipinski definition) is 5. The van der Waals surface area contributed by atoms with E-state index in [1.54, 1.807) is 13.2 Å². The van der Waals surface area contributed by atoms with Gasteiger partial charge in [-0.3, -0.25) is 0 Å². The molecule has 1 aliphatic heterocycles. The second-order valence-corrected chi connectivity index (χ2v) is 10.8. The molecule has 5 aliphatic rings. The van der Waals surface area contributed by atoms with Gasteiger partial charge < -0.3 is 14.7 Å². The molecule has 7 atom stereocenters. The monoisotopic (exact) mass is 413 g/mol. The summed E-state index contributed by atoms with van der Waals surface area (Å²) in [5.41, 5.74) is 2.00. The topological polar surface area (TPSA) is 68.1 Å². The zero-order valence-corrected chi connectivity index (χ0v) is 18.5. The van der Waals surface area contributed by atoms with E-state index in [1.165, 1.54) is 12.0 Å². The van der Waals surface area contributed by atoms with Crippen LogP contribution in [0.25, 0.3) is 0 Å². The maximum atomic E-state index is 12.3. The molecule has 164 valence electrons. The highest BCUT2D eigenvalue weighted by Crippen LogP contribution is 2.69. The molecule has 0 amide bonds. The Labute approximate surface area is 179 Å². The lowest BCUT2D eigenvalue weighted by atomic mass is 9.45. The molecule has 30 heavy (non-hydrogen) atoms. The smallest absolute Gasteiger partial charge is 0.330 e. The second-order valence-electron chi connectivity index (χ2n) is 10.8. The van der Waals surface area contributed by atoms with Gasteiger partial charge in [0.2, 0.25) is 0 Å². The zero-order chi connectivity index (χ0) is 21.1. The van der Waals surface area contributed by atoms with E-state index in [-0.39, 0.29) is 22.7 Å². The molecule has 5 nitrogen and oxygen atoms in total. The molecule has 0 aromatic carbocycles. The van der Waals surface area contributed by atoms with Gasteiger partial charge in [0.05, 0.1) is 17.9 Å². The van der Waals surface area contributed by atoms with Gasteiger partial charge in [0.25, 0.3) is 0 Å². The van der Waals surface area contributed by atoms with Gasteiger partial charge in [-0.05, 0) is 80.6 Å². The molecule has 1 N–H and O–H groups in total. The average molecular weight is 414 g/mol. The number of oxime groups is 1. The molecule has 0 aromatic heterocycles. The van der Waals surface area contributed by atoms with E-state index in [0.29, 0.717) is 24.4 Å². The quantitative estimate of drug-likeness (QED) is 0.538. The number of hydrogen-bond donors (Lipinski definition) is 1. The van der Waals surface area contributed by atoms with E-state index < -0.39 is 5.60 Å². The number of carbonyl (C=O) groups excluding carboxylic acids is 1.